The first-order valence-electron chi connectivity index (χ1n) is 9.06. The minimum atomic E-state index is -0.261. The average Bonchev–Trinajstić information content (AvgIpc) is 3.30. The van der Waals surface area contributed by atoms with Crippen LogP contribution in [0.2, 0.25) is 0 Å². The largest absolute Gasteiger partial charge is 0.439 e. The van der Waals surface area contributed by atoms with Crippen molar-refractivity contribution >= 4 is 11.6 Å². The number of hydrogen-bond acceptors (Lipinski definition) is 6. The number of rotatable bonds is 5. The Kier molecular flexibility index (Phi) is 5.17. The van der Waals surface area contributed by atoms with E-state index in [2.05, 4.69) is 20.4 Å². The van der Waals surface area contributed by atoms with E-state index in [-0.39, 0.29) is 5.91 Å². The molecule has 8 heteroatoms. The number of carbonyl (C=O) groups excluding carboxylic acids is 1. The highest BCUT2D eigenvalue weighted by Gasteiger charge is 2.08. The van der Waals surface area contributed by atoms with E-state index >= 15 is 0 Å². The van der Waals surface area contributed by atoms with Crippen molar-refractivity contribution in [3.05, 3.63) is 90.0 Å². The number of aryl methyl sites for hydroxylation is 1. The van der Waals surface area contributed by atoms with Crippen molar-refractivity contribution in [3.8, 4) is 23.5 Å². The van der Waals surface area contributed by atoms with Gasteiger partial charge in [0.2, 0.25) is 5.88 Å². The van der Waals surface area contributed by atoms with E-state index in [1.807, 2.05) is 12.1 Å². The summed E-state index contributed by atoms with van der Waals surface area (Å²) in [6.45, 7) is 1.78. The third kappa shape index (κ3) is 4.31. The summed E-state index contributed by atoms with van der Waals surface area (Å²) in [5.41, 5.74) is 1.59. The van der Waals surface area contributed by atoms with Gasteiger partial charge < -0.3 is 10.1 Å². The molecule has 2 heterocycles. The topological polar surface area (TPSA) is 106 Å². The highest BCUT2D eigenvalue weighted by molar-refractivity contribution is 6.04. The molecule has 0 atom stereocenters. The first-order chi connectivity index (χ1) is 14.6. The summed E-state index contributed by atoms with van der Waals surface area (Å²) >= 11 is 0. The molecule has 0 radical (unpaired) electrons. The fourth-order valence-corrected chi connectivity index (χ4v) is 2.73. The van der Waals surface area contributed by atoms with E-state index in [9.17, 15) is 4.79 Å². The average molecular weight is 396 g/mol. The first kappa shape index (κ1) is 18.8. The fourth-order valence-electron chi connectivity index (χ4n) is 2.73. The molecular formula is C22H16N6O2. The van der Waals surface area contributed by atoms with Crippen LogP contribution in [0.3, 0.4) is 0 Å². The number of aromatic nitrogens is 4. The van der Waals surface area contributed by atoms with Gasteiger partial charge >= 0.3 is 0 Å². The summed E-state index contributed by atoms with van der Waals surface area (Å²) in [7, 11) is 0. The minimum Gasteiger partial charge on any atom is -0.439 e. The predicted molar refractivity (Wildman–Crippen MR) is 110 cm³/mol. The SMILES string of the molecule is Cc1nc(Oc2ccc(NC(=O)c3ccc(C#N)cc3)cc2)cc(-n2cccn2)n1. The van der Waals surface area contributed by atoms with Gasteiger partial charge in [-0.2, -0.15) is 15.3 Å². The van der Waals surface area contributed by atoms with Crippen LogP contribution in [0.5, 0.6) is 11.6 Å². The quantitative estimate of drug-likeness (QED) is 0.549. The van der Waals surface area contributed by atoms with Gasteiger partial charge in [-0.1, -0.05) is 0 Å². The molecule has 0 saturated carbocycles. The van der Waals surface area contributed by atoms with Gasteiger partial charge in [-0.15, -0.1) is 0 Å². The fraction of sp³-hybridized carbons (Fsp3) is 0.0455. The van der Waals surface area contributed by atoms with Crippen LogP contribution in [0, 0.1) is 18.3 Å². The van der Waals surface area contributed by atoms with Gasteiger partial charge in [0.15, 0.2) is 5.82 Å². The van der Waals surface area contributed by atoms with Crippen LogP contribution in [-0.2, 0) is 0 Å². The number of amides is 1. The Morgan fingerprint density at radius 3 is 2.53 bits per heavy atom. The van der Waals surface area contributed by atoms with Gasteiger partial charge in [-0.25, -0.2) is 9.67 Å². The van der Waals surface area contributed by atoms with Crippen LogP contribution >= 0.6 is 0 Å². The second-order valence-electron chi connectivity index (χ2n) is 6.33. The number of nitriles is 1. The third-order valence-electron chi connectivity index (χ3n) is 4.15. The highest BCUT2D eigenvalue weighted by atomic mass is 16.5. The first-order valence-corrected chi connectivity index (χ1v) is 9.06. The van der Waals surface area contributed by atoms with Crippen LogP contribution in [0.25, 0.3) is 5.82 Å². The van der Waals surface area contributed by atoms with Crippen LogP contribution in [-0.4, -0.2) is 25.7 Å². The number of ether oxygens (including phenoxy) is 1. The molecule has 8 nitrogen and oxygen atoms in total. The van der Waals surface area contributed by atoms with Gasteiger partial charge in [0.1, 0.15) is 11.6 Å². The number of nitrogens with one attached hydrogen (secondary N) is 1. The molecule has 4 aromatic rings. The highest BCUT2D eigenvalue weighted by Crippen LogP contribution is 2.23. The van der Waals surface area contributed by atoms with Gasteiger partial charge in [-0.05, 0) is 61.5 Å². The van der Waals surface area contributed by atoms with Crippen LogP contribution in [0.1, 0.15) is 21.7 Å². The maximum atomic E-state index is 12.3. The van der Waals surface area contributed by atoms with Crippen molar-refractivity contribution in [1.29, 1.82) is 5.26 Å². The molecule has 1 N–H and O–H groups in total. The molecule has 0 bridgehead atoms. The third-order valence-corrected chi connectivity index (χ3v) is 4.15. The van der Waals surface area contributed by atoms with Crippen molar-refractivity contribution in [2.75, 3.05) is 5.32 Å². The van der Waals surface area contributed by atoms with E-state index in [0.29, 0.717) is 40.1 Å². The molecule has 0 fully saturated rings. The maximum absolute atomic E-state index is 12.3. The summed E-state index contributed by atoms with van der Waals surface area (Å²) < 4.78 is 7.46. The van der Waals surface area contributed by atoms with Gasteiger partial charge in [0.05, 0.1) is 11.6 Å². The zero-order valence-corrected chi connectivity index (χ0v) is 16.0. The zero-order chi connectivity index (χ0) is 20.9. The summed E-state index contributed by atoms with van der Waals surface area (Å²) in [4.78, 5) is 21.0. The Hall–Kier alpha value is -4.51. The molecule has 146 valence electrons. The lowest BCUT2D eigenvalue weighted by Gasteiger charge is -2.09. The predicted octanol–water partition coefficient (Wildman–Crippen LogP) is 3.89. The Morgan fingerprint density at radius 1 is 1.10 bits per heavy atom. The molecule has 0 aliphatic rings. The molecule has 0 spiro atoms. The lowest BCUT2D eigenvalue weighted by molar-refractivity contribution is 0.102. The second-order valence-corrected chi connectivity index (χ2v) is 6.33. The van der Waals surface area contributed by atoms with Gasteiger partial charge in [0, 0.05) is 29.7 Å². The summed E-state index contributed by atoms with van der Waals surface area (Å²) in [5.74, 6) is 1.86. The molecule has 0 aliphatic carbocycles. The van der Waals surface area contributed by atoms with Crippen molar-refractivity contribution in [3.63, 3.8) is 0 Å². The van der Waals surface area contributed by atoms with Gasteiger partial charge in [-0.3, -0.25) is 4.79 Å². The monoisotopic (exact) mass is 396 g/mol. The van der Waals surface area contributed by atoms with E-state index in [4.69, 9.17) is 10.00 Å². The number of anilines is 1. The summed E-state index contributed by atoms with van der Waals surface area (Å²) in [6, 6.07) is 18.9. The molecule has 2 aromatic carbocycles. The lowest BCUT2D eigenvalue weighted by Crippen LogP contribution is -2.11. The second kappa shape index (κ2) is 8.24. The Morgan fingerprint density at radius 2 is 1.87 bits per heavy atom. The normalized spacial score (nSPS) is 10.3. The van der Waals surface area contributed by atoms with E-state index in [0.717, 1.165) is 0 Å². The Labute approximate surface area is 172 Å². The molecule has 0 unspecified atom stereocenters. The number of benzene rings is 2. The summed E-state index contributed by atoms with van der Waals surface area (Å²) in [5, 5.41) is 15.8. The van der Waals surface area contributed by atoms with Crippen molar-refractivity contribution < 1.29 is 9.53 Å². The van der Waals surface area contributed by atoms with Crippen LogP contribution in [0.4, 0.5) is 5.69 Å². The van der Waals surface area contributed by atoms with Gasteiger partial charge in [0.25, 0.3) is 5.91 Å². The number of nitrogens with zero attached hydrogens (tertiary/aromatic N) is 5. The molecule has 0 saturated heterocycles. The standard InChI is InChI=1S/C22H16N6O2/c1-15-25-20(28-12-2-11-24-28)13-21(26-15)30-19-9-7-18(8-10-19)27-22(29)17-5-3-16(14-23)4-6-17/h2-13H,1H3,(H,27,29). The molecular weight excluding hydrogens is 380 g/mol. The zero-order valence-electron chi connectivity index (χ0n) is 16.0. The molecule has 4 rings (SSSR count). The van der Waals surface area contributed by atoms with Crippen LogP contribution in [0.15, 0.2) is 73.1 Å². The van der Waals surface area contributed by atoms with E-state index < -0.39 is 0 Å². The van der Waals surface area contributed by atoms with E-state index in [1.165, 1.54) is 0 Å². The van der Waals surface area contributed by atoms with Crippen molar-refractivity contribution in [2.45, 2.75) is 6.92 Å². The molecule has 2 aromatic heterocycles. The molecule has 30 heavy (non-hydrogen) atoms. The maximum Gasteiger partial charge on any atom is 0.255 e. The number of hydrogen-bond donors (Lipinski definition) is 1. The van der Waals surface area contributed by atoms with Crippen LogP contribution < -0.4 is 10.1 Å². The van der Waals surface area contributed by atoms with Crippen molar-refractivity contribution in [2.24, 2.45) is 0 Å². The van der Waals surface area contributed by atoms with Crippen molar-refractivity contribution in [1.82, 2.24) is 19.7 Å². The smallest absolute Gasteiger partial charge is 0.255 e. The van der Waals surface area contributed by atoms with E-state index in [1.54, 1.807) is 78.6 Å². The number of carbonyl (C=O) groups is 1. The molecule has 1 amide bonds. The Balaban J connectivity index is 1.45. The lowest BCUT2D eigenvalue weighted by atomic mass is 10.1. The Bertz CT molecular complexity index is 1210. The summed E-state index contributed by atoms with van der Waals surface area (Å²) in [6.07, 6.45) is 3.46. The minimum absolute atomic E-state index is 0.261. The molecule has 0 aliphatic heterocycles.